The predicted molar refractivity (Wildman–Crippen MR) is 166 cm³/mol. The van der Waals surface area contributed by atoms with Crippen molar-refractivity contribution in [2.24, 2.45) is 0 Å². The largest absolute Gasteiger partial charge is 0.477 e. The topological polar surface area (TPSA) is 50.3 Å². The fourth-order valence-electron chi connectivity index (χ4n) is 9.85. The maximum absolute atomic E-state index is 6.36. The van der Waals surface area contributed by atoms with Crippen LogP contribution in [0.5, 0.6) is 11.5 Å². The molecule has 2 N–H and O–H groups in total. The molecule has 6 nitrogen and oxygen atoms in total. The van der Waals surface area contributed by atoms with Crippen molar-refractivity contribution in [3.05, 3.63) is 118 Å². The Hall–Kier alpha value is -3.66. The van der Waals surface area contributed by atoms with E-state index >= 15 is 0 Å². The van der Waals surface area contributed by atoms with E-state index in [1.807, 2.05) is 0 Å². The first-order chi connectivity index (χ1) is 21.2. The first-order valence-corrected chi connectivity index (χ1v) is 18.6. The van der Waals surface area contributed by atoms with Crippen molar-refractivity contribution < 1.29 is 18.6 Å². The van der Waals surface area contributed by atoms with Gasteiger partial charge in [-0.2, -0.15) is 0 Å². The van der Waals surface area contributed by atoms with E-state index in [0.29, 0.717) is 13.5 Å². The van der Waals surface area contributed by atoms with Gasteiger partial charge in [0, 0.05) is 0 Å². The molecule has 4 aromatic carbocycles. The molecule has 1 aliphatic carbocycles. The van der Waals surface area contributed by atoms with Crippen LogP contribution in [0.4, 0.5) is 0 Å². The molecule has 12 rings (SSSR count). The number of hydrogen-bond donors (Lipinski definition) is 2. The van der Waals surface area contributed by atoms with Crippen molar-refractivity contribution in [3.8, 4) is 22.6 Å². The molecule has 4 atom stereocenters. The van der Waals surface area contributed by atoms with Crippen LogP contribution in [-0.4, -0.2) is 26.8 Å². The van der Waals surface area contributed by atoms with Gasteiger partial charge in [0.1, 0.15) is 25.0 Å². The Bertz CT molecular complexity index is 2080. The summed E-state index contributed by atoms with van der Waals surface area (Å²) in [7, 11) is -1.09. The first-order valence-electron chi connectivity index (χ1n) is 15.0. The standard InChI is InChI=1S/C35H26N4O2P2/c1-42-22-8-3-6-20-29(22)34(36-16-40-20)31-24(42)12-10-18-19-11-13-25-32-27(19)28(26(18)31)33-38(34)14-5-15-39(33)35(32)30-21(41-17-37-35)7-4-9-23(30)43(25)2/h3-15,28,36-37H,16-17H2,1-2H3/q+2. The summed E-state index contributed by atoms with van der Waals surface area (Å²) in [5.74, 6) is 3.48. The van der Waals surface area contributed by atoms with Gasteiger partial charge < -0.3 is 9.47 Å². The average Bonchev–Trinajstić information content (AvgIpc) is 3.39. The highest BCUT2D eigenvalue weighted by molar-refractivity contribution is 7.73. The number of nitrogens with zero attached hydrogens (tertiary/aromatic N) is 2. The second-order valence-electron chi connectivity index (χ2n) is 12.6. The summed E-state index contributed by atoms with van der Waals surface area (Å²) in [6, 6.07) is 25.4. The summed E-state index contributed by atoms with van der Waals surface area (Å²) < 4.78 is 17.9. The molecule has 0 saturated heterocycles. The molecule has 7 aliphatic rings. The van der Waals surface area contributed by atoms with Crippen LogP contribution in [0.25, 0.3) is 11.1 Å². The third-order valence-corrected chi connectivity index (χ3v) is 15.7. The second kappa shape index (κ2) is 7.01. The van der Waals surface area contributed by atoms with E-state index in [4.69, 9.17) is 9.47 Å². The van der Waals surface area contributed by atoms with Gasteiger partial charge in [0.15, 0.2) is 18.3 Å². The smallest absolute Gasteiger partial charge is 0.434 e. The summed E-state index contributed by atoms with van der Waals surface area (Å²) in [5, 5.41) is 13.8. The molecule has 0 bridgehead atoms. The molecule has 5 aromatic rings. The SMILES string of the molecule is CP1c2cccc3c2C2(NCO3)c3c1ccc1c3C3c4c-1ccc1c4C4(NCOc5cccc(c54)P1C)[n+]1ccc[n+]2c13. The van der Waals surface area contributed by atoms with Crippen molar-refractivity contribution in [3.63, 3.8) is 0 Å². The van der Waals surface area contributed by atoms with E-state index < -0.39 is 27.2 Å². The lowest BCUT2D eigenvalue weighted by Crippen LogP contribution is -2.83. The molecule has 206 valence electrons. The molecule has 0 saturated carbocycles. The van der Waals surface area contributed by atoms with Gasteiger partial charge in [-0.15, -0.1) is 9.13 Å². The first kappa shape index (κ1) is 22.8. The number of aromatic nitrogens is 2. The molecule has 43 heavy (non-hydrogen) atoms. The van der Waals surface area contributed by atoms with Gasteiger partial charge in [0.05, 0.1) is 28.3 Å². The normalized spacial score (nSPS) is 29.1. The second-order valence-corrected chi connectivity index (χ2v) is 16.8. The maximum atomic E-state index is 6.36. The van der Waals surface area contributed by atoms with Crippen LogP contribution in [0.15, 0.2) is 79.1 Å². The van der Waals surface area contributed by atoms with Gasteiger partial charge in [0.2, 0.25) is 0 Å². The molecule has 7 heterocycles. The molecule has 0 radical (unpaired) electrons. The van der Waals surface area contributed by atoms with Crippen LogP contribution in [-0.2, 0) is 11.3 Å². The van der Waals surface area contributed by atoms with Gasteiger partial charge in [-0.05, 0) is 84.8 Å². The number of nitrogens with one attached hydrogen (secondary N) is 2. The van der Waals surface area contributed by atoms with Gasteiger partial charge in [-0.3, -0.25) is 0 Å². The Labute approximate surface area is 250 Å². The van der Waals surface area contributed by atoms with E-state index in [-0.39, 0.29) is 5.92 Å². The predicted octanol–water partition coefficient (Wildman–Crippen LogP) is 2.18. The van der Waals surface area contributed by atoms with Crippen molar-refractivity contribution in [1.82, 2.24) is 10.6 Å². The summed E-state index contributed by atoms with van der Waals surface area (Å²) in [4.78, 5) is 0. The minimum Gasteiger partial charge on any atom is -0.477 e. The highest BCUT2D eigenvalue weighted by Crippen LogP contribution is 2.62. The van der Waals surface area contributed by atoms with Gasteiger partial charge in [-0.25, -0.2) is 10.6 Å². The van der Waals surface area contributed by atoms with Gasteiger partial charge in [-0.1, -0.05) is 48.5 Å². The monoisotopic (exact) mass is 596 g/mol. The van der Waals surface area contributed by atoms with Crippen molar-refractivity contribution in [1.29, 1.82) is 0 Å². The van der Waals surface area contributed by atoms with Crippen molar-refractivity contribution in [2.45, 2.75) is 17.2 Å². The fourth-order valence-corrected chi connectivity index (χ4v) is 14.0. The summed E-state index contributed by atoms with van der Waals surface area (Å²) in [6.45, 7) is 5.78. The molecular formula is C35H26N4O2P2+2. The van der Waals surface area contributed by atoms with Crippen molar-refractivity contribution in [2.75, 3.05) is 26.8 Å². The van der Waals surface area contributed by atoms with E-state index in [1.54, 1.807) is 0 Å². The Morgan fingerprint density at radius 1 is 0.628 bits per heavy atom. The molecule has 1 aromatic heterocycles. The van der Waals surface area contributed by atoms with Crippen LogP contribution in [0.1, 0.15) is 45.1 Å². The van der Waals surface area contributed by atoms with Crippen LogP contribution in [0.3, 0.4) is 0 Å². The Morgan fingerprint density at radius 3 is 1.63 bits per heavy atom. The Kier molecular flexibility index (Phi) is 3.72. The maximum Gasteiger partial charge on any atom is 0.434 e. The number of rotatable bonds is 0. The lowest BCUT2D eigenvalue weighted by molar-refractivity contribution is -0.886. The Morgan fingerprint density at radius 2 is 1.12 bits per heavy atom. The Balaban J connectivity index is 1.34. The van der Waals surface area contributed by atoms with E-state index in [1.165, 1.54) is 71.6 Å². The zero-order valence-corrected chi connectivity index (χ0v) is 25.4. The molecule has 8 heteroatoms. The minimum atomic E-state index is -0.548. The minimum absolute atomic E-state index is 0.163. The van der Waals surface area contributed by atoms with Crippen LogP contribution < -0.4 is 50.5 Å². The highest BCUT2D eigenvalue weighted by Gasteiger charge is 2.71. The third kappa shape index (κ3) is 2.13. The van der Waals surface area contributed by atoms with Crippen molar-refractivity contribution >= 4 is 37.1 Å². The molecule has 0 fully saturated rings. The number of ether oxygens (including phenoxy) is 2. The highest BCUT2D eigenvalue weighted by atomic mass is 31.1. The van der Waals surface area contributed by atoms with Crippen LogP contribution in [0.2, 0.25) is 0 Å². The fraction of sp³-hybridized carbons (Fsp3) is 0.200. The zero-order chi connectivity index (χ0) is 28.0. The zero-order valence-electron chi connectivity index (χ0n) is 23.6. The quantitative estimate of drug-likeness (QED) is 0.209. The van der Waals surface area contributed by atoms with E-state index in [2.05, 4.69) is 112 Å². The molecular weight excluding hydrogens is 570 g/mol. The molecule has 0 amide bonds. The molecule has 2 spiro atoms. The number of fused-ring (bicyclic) bond motifs is 1. The van der Waals surface area contributed by atoms with E-state index in [9.17, 15) is 0 Å². The number of hydrogen-bond acceptors (Lipinski definition) is 4. The number of benzene rings is 4. The summed E-state index contributed by atoms with van der Waals surface area (Å²) in [5.41, 5.74) is 10.2. The van der Waals surface area contributed by atoms with Crippen LogP contribution >= 0.6 is 15.8 Å². The van der Waals surface area contributed by atoms with Gasteiger partial charge in [0.25, 0.3) is 11.3 Å². The lowest BCUT2D eigenvalue weighted by Gasteiger charge is -2.48. The van der Waals surface area contributed by atoms with Gasteiger partial charge >= 0.3 is 5.82 Å². The summed E-state index contributed by atoms with van der Waals surface area (Å²) in [6.07, 6.45) is 4.64. The molecule has 4 unspecified atom stereocenters. The summed E-state index contributed by atoms with van der Waals surface area (Å²) >= 11 is 0. The average molecular weight is 597 g/mol. The third-order valence-electron chi connectivity index (χ3n) is 11.3. The van der Waals surface area contributed by atoms with E-state index in [0.717, 1.165) is 11.5 Å². The van der Waals surface area contributed by atoms with Crippen LogP contribution in [0, 0.1) is 0 Å². The lowest BCUT2D eigenvalue weighted by atomic mass is 9.72. The molecule has 6 aliphatic heterocycles.